The Morgan fingerprint density at radius 1 is 1.50 bits per heavy atom. The van der Waals surface area contributed by atoms with Crippen molar-refractivity contribution in [3.8, 4) is 0 Å². The monoisotopic (exact) mass is 248 g/mol. The molecule has 2 heterocycles. The number of nitrogens with zero attached hydrogens (tertiary/aromatic N) is 4. The van der Waals surface area contributed by atoms with Gasteiger partial charge in [0, 0.05) is 32.0 Å². The third kappa shape index (κ3) is 2.85. The number of carbonyl (C=O) groups is 1. The molecule has 1 aromatic rings. The predicted octanol–water partition coefficient (Wildman–Crippen LogP) is 1.21. The van der Waals surface area contributed by atoms with Crippen molar-refractivity contribution in [1.29, 1.82) is 0 Å². The highest BCUT2D eigenvalue weighted by atomic mass is 16.1. The van der Waals surface area contributed by atoms with Crippen LogP contribution in [-0.2, 0) is 0 Å². The number of likely N-dealkylation sites (N-methyl/N-ethyl adjacent to an activating group) is 2. The molecule has 1 aliphatic heterocycles. The van der Waals surface area contributed by atoms with Gasteiger partial charge in [-0.3, -0.25) is 9.69 Å². The molecule has 0 amide bonds. The number of carbonyl (C=O) groups excluding carboxylic acids is 1. The first kappa shape index (κ1) is 13.0. The minimum absolute atomic E-state index is 0.517. The van der Waals surface area contributed by atoms with Crippen molar-refractivity contribution >= 4 is 12.2 Å². The molecule has 98 valence electrons. The molecular formula is C13H20N4O. The number of rotatable bonds is 5. The second-order valence-electron chi connectivity index (χ2n) is 4.74. The van der Waals surface area contributed by atoms with Gasteiger partial charge in [-0.2, -0.15) is 0 Å². The van der Waals surface area contributed by atoms with E-state index in [1.807, 2.05) is 7.05 Å². The predicted molar refractivity (Wildman–Crippen MR) is 71.0 cm³/mol. The normalized spacial score (nSPS) is 20.0. The van der Waals surface area contributed by atoms with Gasteiger partial charge < -0.3 is 4.90 Å². The van der Waals surface area contributed by atoms with Gasteiger partial charge >= 0.3 is 0 Å². The fraction of sp³-hybridized carbons (Fsp3) is 0.615. The Morgan fingerprint density at radius 2 is 2.22 bits per heavy atom. The highest BCUT2D eigenvalue weighted by Crippen LogP contribution is 2.18. The van der Waals surface area contributed by atoms with Crippen molar-refractivity contribution in [2.45, 2.75) is 25.8 Å². The molecule has 1 saturated heterocycles. The van der Waals surface area contributed by atoms with Crippen LogP contribution in [0, 0.1) is 0 Å². The Hall–Kier alpha value is -1.49. The van der Waals surface area contributed by atoms with Crippen LogP contribution in [0.15, 0.2) is 12.4 Å². The number of hydrogen-bond acceptors (Lipinski definition) is 5. The van der Waals surface area contributed by atoms with Crippen LogP contribution >= 0.6 is 0 Å². The van der Waals surface area contributed by atoms with E-state index >= 15 is 0 Å². The molecule has 1 atom stereocenters. The molecule has 18 heavy (non-hydrogen) atoms. The minimum atomic E-state index is 0.517. The average molecular weight is 248 g/mol. The third-order valence-corrected chi connectivity index (χ3v) is 3.53. The summed E-state index contributed by atoms with van der Waals surface area (Å²) in [6.07, 6.45) is 6.41. The highest BCUT2D eigenvalue weighted by Gasteiger charge is 2.24. The number of aromatic nitrogens is 2. The second-order valence-corrected chi connectivity index (χ2v) is 4.74. The number of hydrogen-bond donors (Lipinski definition) is 0. The van der Waals surface area contributed by atoms with Crippen LogP contribution in [0.3, 0.4) is 0 Å². The quantitative estimate of drug-likeness (QED) is 0.733. The van der Waals surface area contributed by atoms with E-state index in [0.29, 0.717) is 17.6 Å². The molecule has 1 aliphatic rings. The van der Waals surface area contributed by atoms with Gasteiger partial charge in [-0.15, -0.1) is 0 Å². The molecule has 0 saturated carbocycles. The SMILES string of the molecule is CCN1CCCC1CN(C)c1ncc(C=O)cn1. The summed E-state index contributed by atoms with van der Waals surface area (Å²) >= 11 is 0. The number of aldehydes is 1. The summed E-state index contributed by atoms with van der Waals surface area (Å²) in [6.45, 7) is 5.44. The number of anilines is 1. The summed E-state index contributed by atoms with van der Waals surface area (Å²) in [7, 11) is 2.00. The fourth-order valence-electron chi connectivity index (χ4n) is 2.51. The van der Waals surface area contributed by atoms with Gasteiger partial charge in [0.25, 0.3) is 0 Å². The molecule has 0 aromatic carbocycles. The molecule has 1 fully saturated rings. The zero-order valence-corrected chi connectivity index (χ0v) is 11.0. The van der Waals surface area contributed by atoms with Crippen molar-refractivity contribution in [3.63, 3.8) is 0 Å². The van der Waals surface area contributed by atoms with Crippen LogP contribution in [0.5, 0.6) is 0 Å². The molecule has 0 bridgehead atoms. The summed E-state index contributed by atoms with van der Waals surface area (Å²) in [5.41, 5.74) is 0.517. The zero-order valence-electron chi connectivity index (χ0n) is 11.0. The fourth-order valence-corrected chi connectivity index (χ4v) is 2.51. The number of likely N-dealkylation sites (tertiary alicyclic amines) is 1. The van der Waals surface area contributed by atoms with E-state index in [2.05, 4.69) is 26.7 Å². The van der Waals surface area contributed by atoms with Crippen LogP contribution in [0.4, 0.5) is 5.95 Å². The van der Waals surface area contributed by atoms with Gasteiger partial charge in [0.05, 0.1) is 5.56 Å². The molecule has 0 spiro atoms. The topological polar surface area (TPSA) is 49.3 Å². The summed E-state index contributed by atoms with van der Waals surface area (Å²) in [5, 5.41) is 0. The van der Waals surface area contributed by atoms with E-state index in [0.717, 1.165) is 19.4 Å². The van der Waals surface area contributed by atoms with E-state index < -0.39 is 0 Å². The Labute approximate surface area is 108 Å². The van der Waals surface area contributed by atoms with Crippen molar-refractivity contribution in [3.05, 3.63) is 18.0 Å². The molecule has 5 heteroatoms. The average Bonchev–Trinajstić information content (AvgIpc) is 2.86. The Kier molecular flexibility index (Phi) is 4.25. The highest BCUT2D eigenvalue weighted by molar-refractivity contribution is 5.73. The van der Waals surface area contributed by atoms with Crippen molar-refractivity contribution < 1.29 is 4.79 Å². The first-order valence-electron chi connectivity index (χ1n) is 6.47. The Bertz CT molecular complexity index is 392. The molecule has 1 aromatic heterocycles. The molecular weight excluding hydrogens is 228 g/mol. The standard InChI is InChI=1S/C13H20N4O/c1-3-17-6-4-5-12(17)9-16(2)13-14-7-11(10-18)8-15-13/h7-8,10,12H,3-6,9H2,1-2H3. The van der Waals surface area contributed by atoms with Crippen LogP contribution in [0.2, 0.25) is 0 Å². The smallest absolute Gasteiger partial charge is 0.225 e. The van der Waals surface area contributed by atoms with Crippen molar-refractivity contribution in [2.24, 2.45) is 0 Å². The van der Waals surface area contributed by atoms with Gasteiger partial charge in [0.1, 0.15) is 0 Å². The molecule has 5 nitrogen and oxygen atoms in total. The van der Waals surface area contributed by atoms with Gasteiger partial charge in [0.2, 0.25) is 5.95 Å². The van der Waals surface area contributed by atoms with Crippen LogP contribution in [-0.4, -0.2) is 53.9 Å². The van der Waals surface area contributed by atoms with Crippen LogP contribution in [0.25, 0.3) is 0 Å². The molecule has 2 rings (SSSR count). The lowest BCUT2D eigenvalue weighted by Gasteiger charge is -2.27. The molecule has 0 radical (unpaired) electrons. The third-order valence-electron chi connectivity index (χ3n) is 3.53. The lowest BCUT2D eigenvalue weighted by Crippen LogP contribution is -2.39. The maximum atomic E-state index is 10.5. The molecule has 1 unspecified atom stereocenters. The zero-order chi connectivity index (χ0) is 13.0. The van der Waals surface area contributed by atoms with E-state index in [4.69, 9.17) is 0 Å². The molecule has 0 N–H and O–H groups in total. The van der Waals surface area contributed by atoms with E-state index in [-0.39, 0.29) is 0 Å². The first-order valence-corrected chi connectivity index (χ1v) is 6.47. The van der Waals surface area contributed by atoms with E-state index in [9.17, 15) is 4.79 Å². The molecule has 0 aliphatic carbocycles. The summed E-state index contributed by atoms with van der Waals surface area (Å²) in [4.78, 5) is 23.5. The van der Waals surface area contributed by atoms with E-state index in [1.54, 1.807) is 12.4 Å². The van der Waals surface area contributed by atoms with Gasteiger partial charge in [-0.1, -0.05) is 6.92 Å². The Morgan fingerprint density at radius 3 is 2.83 bits per heavy atom. The summed E-state index contributed by atoms with van der Waals surface area (Å²) < 4.78 is 0. The summed E-state index contributed by atoms with van der Waals surface area (Å²) in [6, 6.07) is 0.592. The lowest BCUT2D eigenvalue weighted by molar-refractivity contribution is 0.112. The van der Waals surface area contributed by atoms with Gasteiger partial charge in [-0.05, 0) is 25.9 Å². The maximum Gasteiger partial charge on any atom is 0.225 e. The second kappa shape index (κ2) is 5.91. The van der Waals surface area contributed by atoms with Gasteiger partial charge in [-0.25, -0.2) is 9.97 Å². The van der Waals surface area contributed by atoms with Gasteiger partial charge in [0.15, 0.2) is 6.29 Å². The van der Waals surface area contributed by atoms with Crippen molar-refractivity contribution in [2.75, 3.05) is 31.6 Å². The first-order chi connectivity index (χ1) is 8.74. The van der Waals surface area contributed by atoms with E-state index in [1.165, 1.54) is 19.4 Å². The summed E-state index contributed by atoms with van der Waals surface area (Å²) in [5.74, 6) is 0.684. The van der Waals surface area contributed by atoms with Crippen LogP contribution < -0.4 is 4.90 Å². The van der Waals surface area contributed by atoms with Crippen LogP contribution in [0.1, 0.15) is 30.1 Å². The Balaban J connectivity index is 1.97. The maximum absolute atomic E-state index is 10.5. The largest absolute Gasteiger partial charge is 0.342 e. The lowest BCUT2D eigenvalue weighted by atomic mass is 10.2. The van der Waals surface area contributed by atoms with Crippen molar-refractivity contribution in [1.82, 2.24) is 14.9 Å². The minimum Gasteiger partial charge on any atom is -0.342 e.